The molecule has 3 amide bonds. The van der Waals surface area contributed by atoms with E-state index in [2.05, 4.69) is 25.9 Å². The number of hydrogen-bond donors (Lipinski definition) is 2. The van der Waals surface area contributed by atoms with Crippen LogP contribution in [0.1, 0.15) is 11.1 Å². The Hall–Kier alpha value is -4.34. The minimum absolute atomic E-state index is 0.0525. The molecule has 0 bridgehead atoms. The summed E-state index contributed by atoms with van der Waals surface area (Å²) in [5.74, 6) is -0.663. The van der Waals surface area contributed by atoms with Crippen LogP contribution in [0.4, 0.5) is 10.5 Å². The molecule has 31 heavy (non-hydrogen) atoms. The molecule has 0 unspecified atom stereocenters. The lowest BCUT2D eigenvalue weighted by Gasteiger charge is -2.08. The Balaban J connectivity index is 1.46. The Kier molecular flexibility index (Phi) is 5.52. The molecule has 2 N–H and O–H groups in total. The number of para-hydroxylation sites is 1. The van der Waals surface area contributed by atoms with Crippen molar-refractivity contribution in [3.63, 3.8) is 0 Å². The van der Waals surface area contributed by atoms with E-state index in [1.54, 1.807) is 30.3 Å². The Morgan fingerprint density at radius 3 is 2.65 bits per heavy atom. The summed E-state index contributed by atoms with van der Waals surface area (Å²) in [6.45, 7) is 2.02. The standard InChI is InChI=1S/C21H19N7O3/c1-14-6-5-7-15(10-14)11-28-19-18(25-26-28)20(30)27(13-22-19)12-17(29)24-21(31)23-16-8-3-2-4-9-16/h2-10,13H,11-12H2,1H3,(H2,23,24,29,31). The fourth-order valence-corrected chi connectivity index (χ4v) is 3.09. The van der Waals surface area contributed by atoms with Gasteiger partial charge in [0.15, 0.2) is 11.2 Å². The summed E-state index contributed by atoms with van der Waals surface area (Å²) >= 11 is 0. The third kappa shape index (κ3) is 4.64. The van der Waals surface area contributed by atoms with E-state index < -0.39 is 17.5 Å². The van der Waals surface area contributed by atoms with Gasteiger partial charge in [-0.2, -0.15) is 0 Å². The Morgan fingerprint density at radius 2 is 1.87 bits per heavy atom. The minimum Gasteiger partial charge on any atom is -0.308 e. The van der Waals surface area contributed by atoms with Crippen LogP contribution in [-0.4, -0.2) is 36.5 Å². The number of fused-ring (bicyclic) bond motifs is 1. The van der Waals surface area contributed by atoms with Gasteiger partial charge in [-0.05, 0) is 24.6 Å². The highest BCUT2D eigenvalue weighted by Gasteiger charge is 2.15. The maximum Gasteiger partial charge on any atom is 0.325 e. The van der Waals surface area contributed by atoms with E-state index in [4.69, 9.17) is 0 Å². The van der Waals surface area contributed by atoms with Crippen molar-refractivity contribution in [2.45, 2.75) is 20.0 Å². The Morgan fingerprint density at radius 1 is 1.06 bits per heavy atom. The summed E-state index contributed by atoms with van der Waals surface area (Å²) < 4.78 is 2.61. The molecule has 0 spiro atoms. The van der Waals surface area contributed by atoms with Crippen LogP contribution in [0.3, 0.4) is 0 Å². The van der Waals surface area contributed by atoms with E-state index in [1.165, 1.54) is 11.0 Å². The van der Waals surface area contributed by atoms with Gasteiger partial charge >= 0.3 is 6.03 Å². The number of carbonyl (C=O) groups is 2. The highest BCUT2D eigenvalue weighted by Crippen LogP contribution is 2.09. The fraction of sp³-hybridized carbons (Fsp3) is 0.143. The lowest BCUT2D eigenvalue weighted by atomic mass is 10.1. The number of aryl methyl sites for hydroxylation is 1. The predicted molar refractivity (Wildman–Crippen MR) is 113 cm³/mol. The van der Waals surface area contributed by atoms with Crippen molar-refractivity contribution < 1.29 is 9.59 Å². The molecule has 4 aromatic rings. The molecule has 2 heterocycles. The molecule has 0 saturated heterocycles. The van der Waals surface area contributed by atoms with E-state index in [-0.39, 0.29) is 12.1 Å². The Bertz CT molecular complexity index is 1310. The topological polar surface area (TPSA) is 124 Å². The molecule has 0 aliphatic heterocycles. The monoisotopic (exact) mass is 417 g/mol. The van der Waals surface area contributed by atoms with Gasteiger partial charge in [0.2, 0.25) is 5.91 Å². The molecule has 10 heteroatoms. The number of benzene rings is 2. The summed E-state index contributed by atoms with van der Waals surface area (Å²) in [7, 11) is 0. The molecule has 0 saturated carbocycles. The molecule has 0 radical (unpaired) electrons. The minimum atomic E-state index is -0.692. The van der Waals surface area contributed by atoms with E-state index in [1.807, 2.05) is 31.2 Å². The molecule has 0 aliphatic carbocycles. The molecule has 10 nitrogen and oxygen atoms in total. The van der Waals surface area contributed by atoms with Crippen molar-refractivity contribution in [3.8, 4) is 0 Å². The Labute approximate surface area is 176 Å². The highest BCUT2D eigenvalue weighted by atomic mass is 16.2. The first kappa shape index (κ1) is 20.0. The number of urea groups is 1. The summed E-state index contributed by atoms with van der Waals surface area (Å²) in [5.41, 5.74) is 2.51. The summed E-state index contributed by atoms with van der Waals surface area (Å²) in [4.78, 5) is 41.0. The van der Waals surface area contributed by atoms with Crippen molar-refractivity contribution >= 4 is 28.8 Å². The average molecular weight is 417 g/mol. The molecule has 2 aromatic carbocycles. The van der Waals surface area contributed by atoms with Crippen LogP contribution in [0.5, 0.6) is 0 Å². The van der Waals surface area contributed by atoms with Gasteiger partial charge < -0.3 is 5.32 Å². The SMILES string of the molecule is Cc1cccc(Cn2nnc3c(=O)n(CC(=O)NC(=O)Nc4ccccc4)cnc32)c1. The number of carbonyl (C=O) groups excluding carboxylic acids is 2. The van der Waals surface area contributed by atoms with Crippen LogP contribution in [0, 0.1) is 6.92 Å². The lowest BCUT2D eigenvalue weighted by Crippen LogP contribution is -2.38. The van der Waals surface area contributed by atoms with Crippen molar-refractivity contribution in [1.82, 2.24) is 29.9 Å². The van der Waals surface area contributed by atoms with Gasteiger partial charge in [-0.15, -0.1) is 5.10 Å². The predicted octanol–water partition coefficient (Wildman–Crippen LogP) is 1.69. The van der Waals surface area contributed by atoms with Gasteiger partial charge in [0.05, 0.1) is 6.54 Å². The molecule has 4 rings (SSSR count). The second-order valence-corrected chi connectivity index (χ2v) is 6.95. The summed E-state index contributed by atoms with van der Waals surface area (Å²) in [6.07, 6.45) is 1.25. The fourth-order valence-electron chi connectivity index (χ4n) is 3.09. The van der Waals surface area contributed by atoms with Gasteiger partial charge in [-0.1, -0.05) is 53.2 Å². The van der Waals surface area contributed by atoms with E-state index in [9.17, 15) is 14.4 Å². The summed E-state index contributed by atoms with van der Waals surface area (Å²) in [5, 5.41) is 12.7. The zero-order chi connectivity index (χ0) is 21.8. The number of imide groups is 1. The number of anilines is 1. The van der Waals surface area contributed by atoms with Crippen molar-refractivity contribution in [2.75, 3.05) is 5.32 Å². The quantitative estimate of drug-likeness (QED) is 0.509. The van der Waals surface area contributed by atoms with Gasteiger partial charge in [0.25, 0.3) is 5.56 Å². The van der Waals surface area contributed by atoms with Crippen molar-refractivity contribution in [1.29, 1.82) is 0 Å². The molecular weight excluding hydrogens is 398 g/mol. The lowest BCUT2D eigenvalue weighted by molar-refractivity contribution is -0.120. The van der Waals surface area contributed by atoms with E-state index in [0.29, 0.717) is 17.9 Å². The number of hydrogen-bond acceptors (Lipinski definition) is 6. The van der Waals surface area contributed by atoms with Crippen LogP contribution >= 0.6 is 0 Å². The largest absolute Gasteiger partial charge is 0.325 e. The van der Waals surface area contributed by atoms with E-state index in [0.717, 1.165) is 15.7 Å². The maximum atomic E-state index is 12.7. The number of aromatic nitrogens is 5. The number of nitrogens with zero attached hydrogens (tertiary/aromatic N) is 5. The molecular formula is C21H19N7O3. The molecule has 2 aromatic heterocycles. The maximum absolute atomic E-state index is 12.7. The van der Waals surface area contributed by atoms with Crippen LogP contribution in [0.15, 0.2) is 65.7 Å². The van der Waals surface area contributed by atoms with Crippen LogP contribution in [-0.2, 0) is 17.9 Å². The third-order valence-electron chi connectivity index (χ3n) is 4.51. The second-order valence-electron chi connectivity index (χ2n) is 6.95. The molecule has 0 aliphatic rings. The van der Waals surface area contributed by atoms with Gasteiger partial charge in [-0.3, -0.25) is 19.5 Å². The summed E-state index contributed by atoms with van der Waals surface area (Å²) in [6, 6.07) is 15.9. The number of amides is 3. The highest BCUT2D eigenvalue weighted by molar-refractivity contribution is 6.01. The van der Waals surface area contributed by atoms with Gasteiger partial charge in [0.1, 0.15) is 12.9 Å². The molecule has 0 fully saturated rings. The van der Waals surface area contributed by atoms with E-state index >= 15 is 0 Å². The first-order chi connectivity index (χ1) is 15.0. The number of rotatable bonds is 5. The second kappa shape index (κ2) is 8.57. The van der Waals surface area contributed by atoms with Crippen molar-refractivity contribution in [3.05, 3.63) is 82.4 Å². The third-order valence-corrected chi connectivity index (χ3v) is 4.51. The van der Waals surface area contributed by atoms with Gasteiger partial charge in [-0.25, -0.2) is 14.5 Å². The average Bonchev–Trinajstić information content (AvgIpc) is 3.14. The zero-order valence-corrected chi connectivity index (χ0v) is 16.6. The van der Waals surface area contributed by atoms with Crippen LogP contribution in [0.25, 0.3) is 11.2 Å². The van der Waals surface area contributed by atoms with Crippen LogP contribution < -0.4 is 16.2 Å². The first-order valence-corrected chi connectivity index (χ1v) is 9.49. The first-order valence-electron chi connectivity index (χ1n) is 9.49. The molecule has 0 atom stereocenters. The normalized spacial score (nSPS) is 10.7. The zero-order valence-electron chi connectivity index (χ0n) is 16.6. The van der Waals surface area contributed by atoms with Crippen molar-refractivity contribution in [2.24, 2.45) is 0 Å². The van der Waals surface area contributed by atoms with Crippen LogP contribution in [0.2, 0.25) is 0 Å². The molecule has 156 valence electrons. The smallest absolute Gasteiger partial charge is 0.308 e. The van der Waals surface area contributed by atoms with Gasteiger partial charge in [0, 0.05) is 5.69 Å². The number of nitrogens with one attached hydrogen (secondary N) is 2.